The van der Waals surface area contributed by atoms with Gasteiger partial charge in [-0.1, -0.05) is 34.6 Å². The van der Waals surface area contributed by atoms with Gasteiger partial charge in [-0.2, -0.15) is 0 Å². The van der Waals surface area contributed by atoms with E-state index in [1.807, 2.05) is 0 Å². The van der Waals surface area contributed by atoms with Gasteiger partial charge >= 0.3 is 0 Å². The highest BCUT2D eigenvalue weighted by atomic mass is 19.1. The molecule has 0 bridgehead atoms. The first-order chi connectivity index (χ1) is 9.66. The van der Waals surface area contributed by atoms with Gasteiger partial charge in [0.05, 0.1) is 0 Å². The van der Waals surface area contributed by atoms with E-state index >= 15 is 0 Å². The first-order valence-corrected chi connectivity index (χ1v) is 7.85. The smallest absolute Gasteiger partial charge is 0.130 e. The van der Waals surface area contributed by atoms with E-state index in [1.165, 1.54) is 0 Å². The van der Waals surface area contributed by atoms with Crippen molar-refractivity contribution in [2.75, 3.05) is 6.54 Å². The lowest BCUT2D eigenvalue weighted by molar-refractivity contribution is 0.221. The van der Waals surface area contributed by atoms with E-state index in [-0.39, 0.29) is 11.5 Å². The van der Waals surface area contributed by atoms with Gasteiger partial charge in [0.25, 0.3) is 0 Å². The van der Waals surface area contributed by atoms with Gasteiger partial charge in [-0.25, -0.2) is 8.78 Å². The Labute approximate surface area is 128 Å². The number of benzene rings is 1. The van der Waals surface area contributed by atoms with Crippen molar-refractivity contribution in [1.29, 1.82) is 0 Å². The number of hydrogen-bond donors (Lipinski definition) is 1. The summed E-state index contributed by atoms with van der Waals surface area (Å²) in [6, 6.07) is 2.58. The molecule has 1 rings (SSSR count). The van der Waals surface area contributed by atoms with Crippen LogP contribution < -0.4 is 5.32 Å². The summed E-state index contributed by atoms with van der Waals surface area (Å²) in [5, 5.41) is 3.41. The van der Waals surface area contributed by atoms with Crippen molar-refractivity contribution in [3.63, 3.8) is 0 Å². The molecule has 2 atom stereocenters. The molecule has 3 heteroatoms. The molecule has 0 radical (unpaired) electrons. The summed E-state index contributed by atoms with van der Waals surface area (Å²) in [5.41, 5.74) is 1.24. The van der Waals surface area contributed by atoms with E-state index in [9.17, 15) is 8.78 Å². The Kier molecular flexibility index (Phi) is 6.33. The van der Waals surface area contributed by atoms with Crippen molar-refractivity contribution in [2.45, 2.75) is 60.4 Å². The van der Waals surface area contributed by atoms with Gasteiger partial charge in [-0.05, 0) is 49.3 Å². The fourth-order valence-electron chi connectivity index (χ4n) is 2.29. The summed E-state index contributed by atoms with van der Waals surface area (Å²) in [4.78, 5) is 0. The van der Waals surface area contributed by atoms with Crippen LogP contribution in [0.1, 0.15) is 64.6 Å². The Bertz CT molecular complexity index is 463. The molecular weight excluding hydrogens is 268 g/mol. The Morgan fingerprint density at radius 1 is 1.14 bits per heavy atom. The fraction of sp³-hybridized carbons (Fsp3) is 0.667. The molecule has 1 nitrogen and oxygen atoms in total. The van der Waals surface area contributed by atoms with E-state index in [1.54, 1.807) is 13.0 Å². The topological polar surface area (TPSA) is 12.0 Å². The number of halogens is 2. The number of rotatable bonds is 6. The van der Waals surface area contributed by atoms with Gasteiger partial charge in [0.2, 0.25) is 0 Å². The number of aryl methyl sites for hydroxylation is 1. The predicted molar refractivity (Wildman–Crippen MR) is 85.4 cm³/mol. The molecule has 0 saturated carbocycles. The SMILES string of the molecule is CCCNC(CC(C)C(C)(C)C)c1cc(C)c(F)cc1F. The molecule has 2 unspecified atom stereocenters. The first kappa shape index (κ1) is 18.1. The standard InChI is InChI=1S/C18H29F2N/c1-7-8-21-17(10-13(3)18(4,5)6)14-9-12(2)15(19)11-16(14)20/h9,11,13,17,21H,7-8,10H2,1-6H3. The zero-order valence-corrected chi connectivity index (χ0v) is 14.2. The highest BCUT2D eigenvalue weighted by molar-refractivity contribution is 5.28. The molecule has 0 aliphatic rings. The van der Waals surface area contributed by atoms with Crippen LogP contribution in [-0.4, -0.2) is 6.54 Å². The molecule has 0 spiro atoms. The molecular formula is C18H29F2N. The van der Waals surface area contributed by atoms with Gasteiger partial charge in [0.1, 0.15) is 11.6 Å². The van der Waals surface area contributed by atoms with Gasteiger partial charge in [0.15, 0.2) is 0 Å². The van der Waals surface area contributed by atoms with Gasteiger partial charge in [-0.3, -0.25) is 0 Å². The van der Waals surface area contributed by atoms with E-state index in [0.717, 1.165) is 25.5 Å². The van der Waals surface area contributed by atoms with Crippen LogP contribution in [0.15, 0.2) is 12.1 Å². The van der Waals surface area contributed by atoms with Crippen molar-refractivity contribution >= 4 is 0 Å². The van der Waals surface area contributed by atoms with Crippen molar-refractivity contribution in [3.05, 3.63) is 34.9 Å². The molecule has 0 aliphatic carbocycles. The van der Waals surface area contributed by atoms with Crippen molar-refractivity contribution in [1.82, 2.24) is 5.32 Å². The second-order valence-corrected chi connectivity index (χ2v) is 7.13. The number of hydrogen-bond acceptors (Lipinski definition) is 1. The quantitative estimate of drug-likeness (QED) is 0.742. The maximum atomic E-state index is 14.2. The first-order valence-electron chi connectivity index (χ1n) is 7.85. The molecule has 1 aromatic rings. The van der Waals surface area contributed by atoms with Crippen molar-refractivity contribution < 1.29 is 8.78 Å². The summed E-state index contributed by atoms with van der Waals surface area (Å²) in [5.74, 6) is -0.501. The van der Waals surface area contributed by atoms with Crippen LogP contribution in [0.3, 0.4) is 0 Å². The minimum atomic E-state index is -0.477. The van der Waals surface area contributed by atoms with Gasteiger partial charge in [0, 0.05) is 17.7 Å². The monoisotopic (exact) mass is 297 g/mol. The third-order valence-corrected chi connectivity index (χ3v) is 4.36. The maximum Gasteiger partial charge on any atom is 0.130 e. The number of nitrogens with one attached hydrogen (secondary N) is 1. The van der Waals surface area contributed by atoms with Gasteiger partial charge in [-0.15, -0.1) is 0 Å². The third kappa shape index (κ3) is 5.06. The molecule has 0 fully saturated rings. The van der Waals surface area contributed by atoms with Crippen LogP contribution in [0.5, 0.6) is 0 Å². The zero-order chi connectivity index (χ0) is 16.2. The molecule has 21 heavy (non-hydrogen) atoms. The highest BCUT2D eigenvalue weighted by Gasteiger charge is 2.26. The Hall–Kier alpha value is -0.960. The van der Waals surface area contributed by atoms with E-state index in [0.29, 0.717) is 17.0 Å². The summed E-state index contributed by atoms with van der Waals surface area (Å²) in [6.45, 7) is 13.4. The molecule has 1 aromatic carbocycles. The fourth-order valence-corrected chi connectivity index (χ4v) is 2.29. The maximum absolute atomic E-state index is 14.2. The van der Waals surface area contributed by atoms with Crippen LogP contribution in [0, 0.1) is 29.9 Å². The average molecular weight is 297 g/mol. The summed E-state index contributed by atoms with van der Waals surface area (Å²) >= 11 is 0. The third-order valence-electron chi connectivity index (χ3n) is 4.36. The normalized spacial score (nSPS) is 15.0. The van der Waals surface area contributed by atoms with Crippen LogP contribution in [-0.2, 0) is 0 Å². The highest BCUT2D eigenvalue weighted by Crippen LogP contribution is 2.34. The van der Waals surface area contributed by atoms with Crippen LogP contribution in [0.25, 0.3) is 0 Å². The molecule has 0 saturated heterocycles. The molecule has 120 valence electrons. The largest absolute Gasteiger partial charge is 0.310 e. The van der Waals surface area contributed by atoms with Crippen molar-refractivity contribution in [2.24, 2.45) is 11.3 Å². The second kappa shape index (κ2) is 7.35. The second-order valence-electron chi connectivity index (χ2n) is 7.13. The van der Waals surface area contributed by atoms with Crippen LogP contribution in [0.2, 0.25) is 0 Å². The van der Waals surface area contributed by atoms with E-state index < -0.39 is 11.6 Å². The van der Waals surface area contributed by atoms with E-state index in [4.69, 9.17) is 0 Å². The Morgan fingerprint density at radius 2 is 1.76 bits per heavy atom. The molecule has 0 aromatic heterocycles. The lowest BCUT2D eigenvalue weighted by Gasteiger charge is -2.31. The Balaban J connectivity index is 3.05. The van der Waals surface area contributed by atoms with Gasteiger partial charge < -0.3 is 5.32 Å². The van der Waals surface area contributed by atoms with Crippen molar-refractivity contribution in [3.8, 4) is 0 Å². The average Bonchev–Trinajstić information content (AvgIpc) is 2.37. The summed E-state index contributed by atoms with van der Waals surface area (Å²) < 4.78 is 27.6. The molecule has 0 amide bonds. The predicted octanol–water partition coefficient (Wildman–Crippen LogP) is 5.39. The molecule has 1 N–H and O–H groups in total. The molecule has 0 aliphatic heterocycles. The van der Waals surface area contributed by atoms with Crippen LogP contribution >= 0.6 is 0 Å². The minimum Gasteiger partial charge on any atom is -0.310 e. The lowest BCUT2D eigenvalue weighted by atomic mass is 9.77. The van der Waals surface area contributed by atoms with Crippen LogP contribution in [0.4, 0.5) is 8.78 Å². The lowest BCUT2D eigenvalue weighted by Crippen LogP contribution is -2.29. The molecule has 0 heterocycles. The zero-order valence-electron chi connectivity index (χ0n) is 14.2. The Morgan fingerprint density at radius 3 is 2.29 bits per heavy atom. The minimum absolute atomic E-state index is 0.0709. The van der Waals surface area contributed by atoms with E-state index in [2.05, 4.69) is 39.9 Å². The summed E-state index contributed by atoms with van der Waals surface area (Å²) in [6.07, 6.45) is 1.83. The summed E-state index contributed by atoms with van der Waals surface area (Å²) in [7, 11) is 0.